The third kappa shape index (κ3) is 3.18. The van der Waals surface area contributed by atoms with E-state index in [9.17, 15) is 4.79 Å². The minimum atomic E-state index is -0.0933. The molecular weight excluding hydrogens is 405 g/mol. The van der Waals surface area contributed by atoms with Crippen molar-refractivity contribution >= 4 is 55.1 Å². The maximum atomic E-state index is 11.9. The summed E-state index contributed by atoms with van der Waals surface area (Å²) in [5, 5.41) is 0.986. The van der Waals surface area contributed by atoms with Crippen molar-refractivity contribution in [3.05, 3.63) is 65.4 Å². The average molecular weight is 412 g/mol. The minimum Gasteiger partial charge on any atom is -0.309 e. The molecule has 0 atom stereocenters. The van der Waals surface area contributed by atoms with Crippen molar-refractivity contribution in [2.24, 2.45) is 0 Å². The molecule has 2 nitrogen and oxygen atoms in total. The van der Waals surface area contributed by atoms with Crippen molar-refractivity contribution < 1.29 is 0 Å². The fourth-order valence-corrected chi connectivity index (χ4v) is 3.10. The Morgan fingerprint density at radius 2 is 1.83 bits per heavy atom. The second-order valence-corrected chi connectivity index (χ2v) is 6.27. The Balaban J connectivity index is 2.40. The summed E-state index contributed by atoms with van der Waals surface area (Å²) < 4.78 is 2.93. The summed E-state index contributed by atoms with van der Waals surface area (Å²) in [6.07, 6.45) is 1.73. The van der Waals surface area contributed by atoms with Crippen molar-refractivity contribution in [1.29, 1.82) is 0 Å². The molecule has 0 saturated heterocycles. The molecule has 0 bridgehead atoms. The molecule has 94 valence electrons. The van der Waals surface area contributed by atoms with E-state index in [-0.39, 0.29) is 5.56 Å². The van der Waals surface area contributed by atoms with Gasteiger partial charge in [0.05, 0.1) is 21.1 Å². The Labute approximate surface area is 131 Å². The molecule has 0 saturated carbocycles. The Morgan fingerprint density at radius 1 is 1.11 bits per heavy atom. The van der Waals surface area contributed by atoms with Gasteiger partial charge in [-0.05, 0) is 55.6 Å². The van der Waals surface area contributed by atoms with Gasteiger partial charge in [-0.2, -0.15) is 0 Å². The minimum absolute atomic E-state index is 0.0933. The third-order valence-corrected chi connectivity index (χ3v) is 4.09. The van der Waals surface area contributed by atoms with Crippen LogP contribution in [0.4, 0.5) is 0 Å². The lowest BCUT2D eigenvalue weighted by Gasteiger charge is -2.08. The van der Waals surface area contributed by atoms with Crippen LogP contribution in [-0.2, 0) is 6.54 Å². The normalized spacial score (nSPS) is 10.7. The first-order valence-electron chi connectivity index (χ1n) is 4.97. The van der Waals surface area contributed by atoms with Gasteiger partial charge < -0.3 is 4.57 Å². The SMILES string of the molecule is O=c1c(Br)cc(Br)cn1Cc1ccc(Cl)c(Cl)c1. The summed E-state index contributed by atoms with van der Waals surface area (Å²) >= 11 is 18.4. The van der Waals surface area contributed by atoms with E-state index in [0.717, 1.165) is 10.0 Å². The molecule has 0 amide bonds. The predicted molar refractivity (Wildman–Crippen MR) is 81.7 cm³/mol. The summed E-state index contributed by atoms with van der Waals surface area (Å²) in [5.41, 5.74) is 0.820. The highest BCUT2D eigenvalue weighted by Gasteiger charge is 2.05. The number of benzene rings is 1. The second-order valence-electron chi connectivity index (χ2n) is 3.69. The van der Waals surface area contributed by atoms with Gasteiger partial charge in [0.2, 0.25) is 0 Å². The van der Waals surface area contributed by atoms with Crippen LogP contribution in [0.3, 0.4) is 0 Å². The molecule has 18 heavy (non-hydrogen) atoms. The van der Waals surface area contributed by atoms with Crippen molar-refractivity contribution in [3.63, 3.8) is 0 Å². The van der Waals surface area contributed by atoms with E-state index in [1.807, 2.05) is 6.07 Å². The molecule has 2 aromatic rings. The standard InChI is InChI=1S/C12H7Br2Cl2NO/c13-8-4-9(14)12(18)17(6-8)5-7-1-2-10(15)11(16)3-7/h1-4,6H,5H2. The molecule has 0 N–H and O–H groups in total. The third-order valence-electron chi connectivity index (χ3n) is 2.35. The highest BCUT2D eigenvalue weighted by Crippen LogP contribution is 2.23. The Kier molecular flexibility index (Phi) is 4.54. The van der Waals surface area contributed by atoms with Crippen LogP contribution < -0.4 is 5.56 Å². The molecule has 0 unspecified atom stereocenters. The maximum absolute atomic E-state index is 11.9. The van der Waals surface area contributed by atoms with Crippen molar-refractivity contribution in [2.45, 2.75) is 6.54 Å². The van der Waals surface area contributed by atoms with E-state index in [0.29, 0.717) is 21.1 Å². The highest BCUT2D eigenvalue weighted by atomic mass is 79.9. The van der Waals surface area contributed by atoms with E-state index < -0.39 is 0 Å². The molecule has 0 aliphatic rings. The van der Waals surface area contributed by atoms with Gasteiger partial charge in [-0.15, -0.1) is 0 Å². The molecule has 0 radical (unpaired) electrons. The second kappa shape index (κ2) is 5.78. The van der Waals surface area contributed by atoms with Crippen LogP contribution in [0, 0.1) is 0 Å². The van der Waals surface area contributed by atoms with E-state index in [1.165, 1.54) is 0 Å². The van der Waals surface area contributed by atoms with Crippen LogP contribution in [0.2, 0.25) is 10.0 Å². The van der Waals surface area contributed by atoms with Crippen molar-refractivity contribution in [2.75, 3.05) is 0 Å². The molecule has 1 heterocycles. The van der Waals surface area contributed by atoms with Gasteiger partial charge in [0.25, 0.3) is 5.56 Å². The van der Waals surface area contributed by atoms with Gasteiger partial charge >= 0.3 is 0 Å². The number of hydrogen-bond acceptors (Lipinski definition) is 1. The summed E-state index contributed by atoms with van der Waals surface area (Å²) in [4.78, 5) is 11.9. The van der Waals surface area contributed by atoms with Gasteiger partial charge in [-0.3, -0.25) is 4.79 Å². The van der Waals surface area contributed by atoms with Crippen molar-refractivity contribution in [1.82, 2.24) is 4.57 Å². The zero-order valence-electron chi connectivity index (χ0n) is 8.96. The first-order valence-corrected chi connectivity index (χ1v) is 7.31. The number of nitrogens with zero attached hydrogens (tertiary/aromatic N) is 1. The molecule has 0 aliphatic heterocycles. The van der Waals surface area contributed by atoms with Crippen LogP contribution in [0.5, 0.6) is 0 Å². The lowest BCUT2D eigenvalue weighted by molar-refractivity contribution is 0.752. The number of hydrogen-bond donors (Lipinski definition) is 0. The summed E-state index contributed by atoms with van der Waals surface area (Å²) in [7, 11) is 0. The lowest BCUT2D eigenvalue weighted by atomic mass is 10.2. The zero-order valence-corrected chi connectivity index (χ0v) is 13.6. The lowest BCUT2D eigenvalue weighted by Crippen LogP contribution is -2.20. The number of pyridine rings is 1. The van der Waals surface area contributed by atoms with Crippen molar-refractivity contribution in [3.8, 4) is 0 Å². The zero-order chi connectivity index (χ0) is 13.3. The van der Waals surface area contributed by atoms with Gasteiger partial charge in [-0.1, -0.05) is 29.3 Å². The molecule has 1 aromatic heterocycles. The number of rotatable bonds is 2. The fourth-order valence-electron chi connectivity index (χ4n) is 1.52. The summed E-state index contributed by atoms with van der Waals surface area (Å²) in [5.74, 6) is 0. The molecule has 0 spiro atoms. The van der Waals surface area contributed by atoms with E-state index in [2.05, 4.69) is 31.9 Å². The Hall–Kier alpha value is -0.290. The molecule has 0 fully saturated rings. The Morgan fingerprint density at radius 3 is 2.50 bits per heavy atom. The Bertz CT molecular complexity index is 655. The first-order chi connectivity index (χ1) is 8.47. The largest absolute Gasteiger partial charge is 0.309 e. The monoisotopic (exact) mass is 409 g/mol. The maximum Gasteiger partial charge on any atom is 0.265 e. The summed E-state index contributed by atoms with van der Waals surface area (Å²) in [6, 6.07) is 7.03. The molecular formula is C12H7Br2Cl2NO. The van der Waals surface area contributed by atoms with E-state index >= 15 is 0 Å². The topological polar surface area (TPSA) is 22.0 Å². The van der Waals surface area contributed by atoms with Crippen LogP contribution in [0.1, 0.15) is 5.56 Å². The average Bonchev–Trinajstić information content (AvgIpc) is 2.30. The predicted octanol–water partition coefficient (Wildman–Crippen LogP) is 4.73. The fraction of sp³-hybridized carbons (Fsp3) is 0.0833. The van der Waals surface area contributed by atoms with E-state index in [1.54, 1.807) is 29.0 Å². The molecule has 6 heteroatoms. The molecule has 1 aromatic carbocycles. The van der Waals surface area contributed by atoms with Crippen LogP contribution in [0.15, 0.2) is 44.2 Å². The van der Waals surface area contributed by atoms with Crippen LogP contribution in [0.25, 0.3) is 0 Å². The van der Waals surface area contributed by atoms with Gasteiger partial charge in [-0.25, -0.2) is 0 Å². The quantitative estimate of drug-likeness (QED) is 0.700. The molecule has 2 rings (SSSR count). The number of halogens is 4. The summed E-state index contributed by atoms with van der Waals surface area (Å²) in [6.45, 7) is 0.438. The van der Waals surface area contributed by atoms with Crippen LogP contribution >= 0.6 is 55.1 Å². The van der Waals surface area contributed by atoms with E-state index in [4.69, 9.17) is 23.2 Å². The smallest absolute Gasteiger partial charge is 0.265 e. The first kappa shape index (κ1) is 14.1. The number of aromatic nitrogens is 1. The highest BCUT2D eigenvalue weighted by molar-refractivity contribution is 9.11. The molecule has 0 aliphatic carbocycles. The van der Waals surface area contributed by atoms with Gasteiger partial charge in [0.15, 0.2) is 0 Å². The van der Waals surface area contributed by atoms with Gasteiger partial charge in [0.1, 0.15) is 0 Å². The van der Waals surface area contributed by atoms with Crippen LogP contribution in [-0.4, -0.2) is 4.57 Å². The van der Waals surface area contributed by atoms with Gasteiger partial charge in [0, 0.05) is 10.7 Å².